The molecule has 6 nitrogen and oxygen atoms in total. The first kappa shape index (κ1) is 13.5. The van der Waals surface area contributed by atoms with E-state index < -0.39 is 11.7 Å². The van der Waals surface area contributed by atoms with Crippen LogP contribution in [0.5, 0.6) is 11.5 Å². The van der Waals surface area contributed by atoms with Crippen molar-refractivity contribution in [2.24, 2.45) is 5.73 Å². The van der Waals surface area contributed by atoms with Gasteiger partial charge in [-0.05, 0) is 19.1 Å². The van der Waals surface area contributed by atoms with Crippen LogP contribution in [0.3, 0.4) is 0 Å². The molecule has 0 saturated carbocycles. The number of methoxy groups -OCH3 is 2. The highest BCUT2D eigenvalue weighted by Crippen LogP contribution is 2.36. The fourth-order valence-electron chi connectivity index (χ4n) is 1.99. The minimum atomic E-state index is -0.675. The van der Waals surface area contributed by atoms with Gasteiger partial charge in [-0.2, -0.15) is 0 Å². The van der Waals surface area contributed by atoms with Crippen molar-refractivity contribution in [3.05, 3.63) is 18.2 Å². The number of amides is 1. The van der Waals surface area contributed by atoms with E-state index >= 15 is 0 Å². The van der Waals surface area contributed by atoms with Gasteiger partial charge in [0, 0.05) is 12.6 Å². The third-order valence-corrected chi connectivity index (χ3v) is 3.16. The van der Waals surface area contributed by atoms with E-state index in [-0.39, 0.29) is 6.54 Å². The summed E-state index contributed by atoms with van der Waals surface area (Å²) in [5.74, 6) is 1.23. The number of nitrogens with zero attached hydrogens (tertiary/aromatic N) is 1. The average molecular weight is 266 g/mol. The molecule has 1 aromatic rings. The second-order valence-corrected chi connectivity index (χ2v) is 4.65. The van der Waals surface area contributed by atoms with E-state index in [1.54, 1.807) is 39.3 Å². The zero-order valence-corrected chi connectivity index (χ0v) is 11.3. The minimum Gasteiger partial charge on any atom is -0.497 e. The molecule has 104 valence electrons. The van der Waals surface area contributed by atoms with E-state index in [0.29, 0.717) is 23.7 Å². The van der Waals surface area contributed by atoms with Gasteiger partial charge in [-0.15, -0.1) is 0 Å². The van der Waals surface area contributed by atoms with E-state index in [1.807, 2.05) is 0 Å². The first-order valence-electron chi connectivity index (χ1n) is 5.95. The van der Waals surface area contributed by atoms with Crippen molar-refractivity contribution in [3.8, 4) is 11.5 Å². The Bertz CT molecular complexity index is 492. The number of carbonyl (C=O) groups is 1. The summed E-state index contributed by atoms with van der Waals surface area (Å²) in [6, 6.07) is 5.26. The Labute approximate surface area is 112 Å². The van der Waals surface area contributed by atoms with Gasteiger partial charge in [-0.25, -0.2) is 4.79 Å². The van der Waals surface area contributed by atoms with Crippen molar-refractivity contribution in [2.45, 2.75) is 12.5 Å². The van der Waals surface area contributed by atoms with Crippen LogP contribution in [-0.4, -0.2) is 39.0 Å². The lowest BCUT2D eigenvalue weighted by Crippen LogP contribution is -2.38. The molecule has 0 aliphatic carbocycles. The predicted octanol–water partition coefficient (Wildman–Crippen LogP) is 1.38. The van der Waals surface area contributed by atoms with Gasteiger partial charge in [0.15, 0.2) is 0 Å². The third kappa shape index (κ3) is 2.44. The lowest BCUT2D eigenvalue weighted by atomic mass is 10.1. The molecule has 0 aromatic heterocycles. The molecular formula is C13H18N2O4. The summed E-state index contributed by atoms with van der Waals surface area (Å²) in [6.45, 7) is 2.45. The molecule has 0 bridgehead atoms. The summed E-state index contributed by atoms with van der Waals surface area (Å²) in [4.78, 5) is 13.5. The van der Waals surface area contributed by atoms with Gasteiger partial charge in [-0.1, -0.05) is 0 Å². The monoisotopic (exact) mass is 266 g/mol. The Balaban J connectivity index is 2.38. The lowest BCUT2D eigenvalue weighted by molar-refractivity contribution is 0.0789. The van der Waals surface area contributed by atoms with Gasteiger partial charge < -0.3 is 19.9 Å². The van der Waals surface area contributed by atoms with Crippen molar-refractivity contribution >= 4 is 11.8 Å². The molecular weight excluding hydrogens is 248 g/mol. The van der Waals surface area contributed by atoms with Crippen LogP contribution in [0.15, 0.2) is 18.2 Å². The number of hydrogen-bond acceptors (Lipinski definition) is 5. The molecule has 1 atom stereocenters. The highest BCUT2D eigenvalue weighted by atomic mass is 16.6. The second-order valence-electron chi connectivity index (χ2n) is 4.65. The smallest absolute Gasteiger partial charge is 0.415 e. The summed E-state index contributed by atoms with van der Waals surface area (Å²) >= 11 is 0. The zero-order valence-electron chi connectivity index (χ0n) is 11.3. The van der Waals surface area contributed by atoms with Gasteiger partial charge in [0.05, 0.1) is 26.5 Å². The topological polar surface area (TPSA) is 74.0 Å². The lowest BCUT2D eigenvalue weighted by Gasteiger charge is -2.20. The van der Waals surface area contributed by atoms with Crippen LogP contribution in [0.1, 0.15) is 6.92 Å². The molecule has 1 aliphatic rings. The van der Waals surface area contributed by atoms with Crippen LogP contribution < -0.4 is 20.1 Å². The first-order chi connectivity index (χ1) is 9.03. The molecule has 1 heterocycles. The first-order valence-corrected chi connectivity index (χ1v) is 5.95. The maximum atomic E-state index is 12.0. The largest absolute Gasteiger partial charge is 0.497 e. The summed E-state index contributed by atoms with van der Waals surface area (Å²) in [5, 5.41) is 0. The number of benzene rings is 1. The number of carbonyl (C=O) groups excluding carboxylic acids is 1. The number of ether oxygens (including phenoxy) is 3. The fourth-order valence-corrected chi connectivity index (χ4v) is 1.99. The maximum Gasteiger partial charge on any atom is 0.415 e. The van der Waals surface area contributed by atoms with Crippen LogP contribution in [0.25, 0.3) is 0 Å². The average Bonchev–Trinajstić information content (AvgIpc) is 2.74. The van der Waals surface area contributed by atoms with Crippen molar-refractivity contribution in [2.75, 3.05) is 32.2 Å². The predicted molar refractivity (Wildman–Crippen MR) is 70.8 cm³/mol. The Morgan fingerprint density at radius 2 is 2.16 bits per heavy atom. The Morgan fingerprint density at radius 1 is 1.42 bits per heavy atom. The van der Waals surface area contributed by atoms with E-state index in [9.17, 15) is 4.79 Å². The van der Waals surface area contributed by atoms with E-state index in [1.165, 1.54) is 4.90 Å². The summed E-state index contributed by atoms with van der Waals surface area (Å²) in [7, 11) is 3.12. The SMILES string of the molecule is COc1ccc(OC)c(N2CC(C)(CN)OC2=O)c1. The van der Waals surface area contributed by atoms with E-state index in [0.717, 1.165) is 0 Å². The molecule has 1 aliphatic heterocycles. The van der Waals surface area contributed by atoms with Crippen molar-refractivity contribution in [1.29, 1.82) is 0 Å². The molecule has 2 rings (SSSR count). The van der Waals surface area contributed by atoms with Gasteiger partial charge in [-0.3, -0.25) is 4.90 Å². The molecule has 19 heavy (non-hydrogen) atoms. The van der Waals surface area contributed by atoms with E-state index in [2.05, 4.69) is 0 Å². The highest BCUT2D eigenvalue weighted by molar-refractivity contribution is 5.92. The Hall–Kier alpha value is -1.95. The van der Waals surface area contributed by atoms with Crippen molar-refractivity contribution in [3.63, 3.8) is 0 Å². The Morgan fingerprint density at radius 3 is 2.68 bits per heavy atom. The number of anilines is 1. The summed E-state index contributed by atoms with van der Waals surface area (Å²) in [6.07, 6.45) is -0.431. The van der Waals surface area contributed by atoms with Crippen LogP contribution in [0, 0.1) is 0 Å². The normalized spacial score (nSPS) is 22.3. The van der Waals surface area contributed by atoms with Gasteiger partial charge in [0.1, 0.15) is 17.1 Å². The van der Waals surface area contributed by atoms with Gasteiger partial charge in [0.25, 0.3) is 0 Å². The third-order valence-electron chi connectivity index (χ3n) is 3.16. The molecule has 0 radical (unpaired) electrons. The molecule has 1 unspecified atom stereocenters. The van der Waals surface area contributed by atoms with Gasteiger partial charge in [0.2, 0.25) is 0 Å². The van der Waals surface area contributed by atoms with Gasteiger partial charge >= 0.3 is 6.09 Å². The highest BCUT2D eigenvalue weighted by Gasteiger charge is 2.42. The standard InChI is InChI=1S/C13H18N2O4/c1-13(7-14)8-15(12(16)19-13)10-6-9(17-2)4-5-11(10)18-3/h4-6H,7-8,14H2,1-3H3. The molecule has 1 aromatic carbocycles. The quantitative estimate of drug-likeness (QED) is 0.891. The number of cyclic esters (lactones) is 1. The number of rotatable bonds is 4. The molecule has 1 saturated heterocycles. The Kier molecular flexibility index (Phi) is 3.53. The molecule has 2 N–H and O–H groups in total. The summed E-state index contributed by atoms with van der Waals surface area (Å²) < 4.78 is 15.7. The van der Waals surface area contributed by atoms with Crippen molar-refractivity contribution < 1.29 is 19.0 Å². The van der Waals surface area contributed by atoms with E-state index in [4.69, 9.17) is 19.9 Å². The fraction of sp³-hybridized carbons (Fsp3) is 0.462. The summed E-state index contributed by atoms with van der Waals surface area (Å²) in [5.41, 5.74) is 5.58. The number of hydrogen-bond donors (Lipinski definition) is 1. The van der Waals surface area contributed by atoms with Crippen molar-refractivity contribution in [1.82, 2.24) is 0 Å². The van der Waals surface area contributed by atoms with Crippen LogP contribution >= 0.6 is 0 Å². The zero-order chi connectivity index (χ0) is 14.0. The molecule has 1 fully saturated rings. The maximum absolute atomic E-state index is 12.0. The van der Waals surface area contributed by atoms with Crippen LogP contribution in [-0.2, 0) is 4.74 Å². The van der Waals surface area contributed by atoms with Crippen LogP contribution in [0.2, 0.25) is 0 Å². The molecule has 0 spiro atoms. The van der Waals surface area contributed by atoms with Crippen LogP contribution in [0.4, 0.5) is 10.5 Å². The second kappa shape index (κ2) is 4.97. The number of nitrogens with two attached hydrogens (primary N) is 1. The molecule has 6 heteroatoms. The minimum absolute atomic E-state index is 0.265. The molecule has 1 amide bonds.